The molecule has 31 heavy (non-hydrogen) atoms. The number of halogens is 1. The van der Waals surface area contributed by atoms with Crippen LogP contribution in [0.2, 0.25) is 5.02 Å². The smallest absolute Gasteiger partial charge is 0.246 e. The van der Waals surface area contributed by atoms with Gasteiger partial charge >= 0.3 is 0 Å². The van der Waals surface area contributed by atoms with Gasteiger partial charge in [-0.05, 0) is 55.9 Å². The van der Waals surface area contributed by atoms with Crippen LogP contribution in [0, 0.1) is 18.6 Å². The molecule has 0 aliphatic heterocycles. The first-order chi connectivity index (χ1) is 14.9. The lowest BCUT2D eigenvalue weighted by Crippen LogP contribution is -2.19. The topological polar surface area (TPSA) is 75.6 Å². The minimum absolute atomic E-state index is 0.0270. The molecule has 4 aromatic rings. The van der Waals surface area contributed by atoms with Gasteiger partial charge in [0.1, 0.15) is 6.54 Å². The number of thiazole rings is 1. The molecule has 0 saturated heterocycles. The van der Waals surface area contributed by atoms with Gasteiger partial charge in [0, 0.05) is 21.9 Å². The van der Waals surface area contributed by atoms with E-state index in [1.807, 2.05) is 19.1 Å². The van der Waals surface area contributed by atoms with E-state index in [9.17, 15) is 4.79 Å². The third-order valence-electron chi connectivity index (χ3n) is 4.79. The van der Waals surface area contributed by atoms with Gasteiger partial charge in [0.05, 0.1) is 5.69 Å². The van der Waals surface area contributed by atoms with Crippen molar-refractivity contribution in [3.8, 4) is 11.4 Å². The van der Waals surface area contributed by atoms with Crippen molar-refractivity contribution in [2.75, 3.05) is 5.32 Å². The van der Waals surface area contributed by atoms with Gasteiger partial charge in [-0.2, -0.15) is 5.10 Å². The van der Waals surface area contributed by atoms with Crippen molar-refractivity contribution in [1.29, 1.82) is 0 Å². The zero-order valence-electron chi connectivity index (χ0n) is 17.0. The van der Waals surface area contributed by atoms with Gasteiger partial charge in [0.25, 0.3) is 0 Å². The van der Waals surface area contributed by atoms with Crippen molar-refractivity contribution in [3.05, 3.63) is 80.0 Å². The molecule has 158 valence electrons. The molecular formula is C22H20ClN5OS2. The highest BCUT2D eigenvalue weighted by atomic mass is 35.5. The normalized spacial score (nSPS) is 10.9. The lowest BCUT2D eigenvalue weighted by molar-refractivity contribution is -0.116. The van der Waals surface area contributed by atoms with Crippen LogP contribution >= 0.6 is 35.2 Å². The van der Waals surface area contributed by atoms with E-state index in [4.69, 9.17) is 23.8 Å². The number of carbonyl (C=O) groups excluding carboxylic acids is 1. The fourth-order valence-electron chi connectivity index (χ4n) is 3.12. The first-order valence-electron chi connectivity index (χ1n) is 9.62. The number of anilines is 1. The van der Waals surface area contributed by atoms with Gasteiger partial charge in [0.15, 0.2) is 15.7 Å². The van der Waals surface area contributed by atoms with Crippen LogP contribution in [-0.4, -0.2) is 25.7 Å². The molecule has 4 rings (SSSR count). The van der Waals surface area contributed by atoms with E-state index in [-0.39, 0.29) is 12.5 Å². The number of aromatic nitrogens is 4. The van der Waals surface area contributed by atoms with Crippen LogP contribution in [0.4, 0.5) is 5.13 Å². The maximum absolute atomic E-state index is 12.7. The minimum Gasteiger partial charge on any atom is -0.300 e. The number of aromatic amines is 1. The Morgan fingerprint density at radius 3 is 2.58 bits per heavy atom. The number of rotatable bonds is 6. The minimum atomic E-state index is -0.219. The van der Waals surface area contributed by atoms with E-state index in [0.29, 0.717) is 20.7 Å². The number of hydrogen-bond donors (Lipinski definition) is 2. The summed E-state index contributed by atoms with van der Waals surface area (Å²) < 4.78 is 2.03. The highest BCUT2D eigenvalue weighted by Gasteiger charge is 2.15. The van der Waals surface area contributed by atoms with Gasteiger partial charge in [-0.25, -0.2) is 4.98 Å². The molecule has 2 N–H and O–H groups in total. The predicted molar refractivity (Wildman–Crippen MR) is 127 cm³/mol. The Hall–Kier alpha value is -2.81. The van der Waals surface area contributed by atoms with Gasteiger partial charge < -0.3 is 5.32 Å². The Balaban J connectivity index is 1.47. The van der Waals surface area contributed by atoms with Crippen LogP contribution in [-0.2, 0) is 17.8 Å². The summed E-state index contributed by atoms with van der Waals surface area (Å²) in [7, 11) is 0. The van der Waals surface area contributed by atoms with Crippen molar-refractivity contribution in [3.63, 3.8) is 0 Å². The molecule has 0 saturated carbocycles. The molecule has 0 atom stereocenters. The van der Waals surface area contributed by atoms with Crippen molar-refractivity contribution in [2.45, 2.75) is 26.8 Å². The Morgan fingerprint density at radius 1 is 1.16 bits per heavy atom. The lowest BCUT2D eigenvalue weighted by atomic mass is 10.1. The monoisotopic (exact) mass is 469 g/mol. The molecule has 6 nitrogen and oxygen atoms in total. The zero-order chi connectivity index (χ0) is 22.0. The van der Waals surface area contributed by atoms with E-state index in [1.54, 1.807) is 16.7 Å². The van der Waals surface area contributed by atoms with Gasteiger partial charge in [0.2, 0.25) is 5.91 Å². The highest BCUT2D eigenvalue weighted by Crippen LogP contribution is 2.26. The molecule has 0 aliphatic carbocycles. The maximum Gasteiger partial charge on any atom is 0.246 e. The summed E-state index contributed by atoms with van der Waals surface area (Å²) in [4.78, 5) is 18.4. The average Bonchev–Trinajstić information content (AvgIpc) is 3.26. The standard InChI is InChI=1S/C22H20ClN5OS2/c1-13-3-5-15(6-4-13)11-18-14(2)24-21(31-18)25-19(29)12-28-20(26-27-22(28)30)16-7-9-17(23)10-8-16/h3-10H,11-12H2,1-2H3,(H,27,30)(H,24,25,29). The third-order valence-corrected chi connectivity index (χ3v) is 6.42. The van der Waals surface area contributed by atoms with Crippen LogP contribution in [0.1, 0.15) is 21.7 Å². The first-order valence-corrected chi connectivity index (χ1v) is 11.2. The number of amides is 1. The summed E-state index contributed by atoms with van der Waals surface area (Å²) in [6.07, 6.45) is 0.785. The van der Waals surface area contributed by atoms with E-state index < -0.39 is 0 Å². The van der Waals surface area contributed by atoms with Crippen LogP contribution in [0.25, 0.3) is 11.4 Å². The third kappa shape index (κ3) is 5.10. The second-order valence-corrected chi connectivity index (χ2v) is 9.09. The second-order valence-electron chi connectivity index (χ2n) is 7.18. The van der Waals surface area contributed by atoms with E-state index in [1.165, 1.54) is 22.5 Å². The summed E-state index contributed by atoms with van der Waals surface area (Å²) in [5.74, 6) is 0.357. The fourth-order valence-corrected chi connectivity index (χ4v) is 4.46. The Labute approximate surface area is 193 Å². The van der Waals surface area contributed by atoms with Crippen LogP contribution in [0.15, 0.2) is 48.5 Å². The zero-order valence-corrected chi connectivity index (χ0v) is 19.4. The lowest BCUT2D eigenvalue weighted by Gasteiger charge is -2.07. The number of H-pyrrole nitrogens is 1. The number of nitrogens with zero attached hydrogens (tertiary/aromatic N) is 3. The van der Waals surface area contributed by atoms with E-state index in [2.05, 4.69) is 51.7 Å². The molecule has 2 aromatic heterocycles. The Bertz CT molecular complexity index is 1270. The summed E-state index contributed by atoms with van der Waals surface area (Å²) >= 11 is 12.8. The summed E-state index contributed by atoms with van der Waals surface area (Å²) in [5, 5.41) is 11.1. The molecule has 0 unspecified atom stereocenters. The SMILES string of the molecule is Cc1ccc(Cc2sc(NC(=O)Cn3c(-c4ccc(Cl)cc4)n[nH]c3=S)nc2C)cc1. The highest BCUT2D eigenvalue weighted by molar-refractivity contribution is 7.71. The summed E-state index contributed by atoms with van der Waals surface area (Å²) in [5.41, 5.74) is 4.18. The molecule has 0 bridgehead atoms. The van der Waals surface area contributed by atoms with Crippen LogP contribution < -0.4 is 5.32 Å². The van der Waals surface area contributed by atoms with Crippen LogP contribution in [0.5, 0.6) is 0 Å². The molecule has 0 aliphatic rings. The quantitative estimate of drug-likeness (QED) is 0.362. The molecule has 2 aromatic carbocycles. The van der Waals surface area contributed by atoms with Gasteiger partial charge in [-0.15, -0.1) is 11.3 Å². The van der Waals surface area contributed by atoms with Gasteiger partial charge in [-0.1, -0.05) is 41.4 Å². The molecule has 0 spiro atoms. The van der Waals surface area contributed by atoms with Crippen molar-refractivity contribution in [1.82, 2.24) is 19.7 Å². The number of carbonyl (C=O) groups is 1. The second kappa shape index (κ2) is 9.13. The average molecular weight is 470 g/mol. The maximum atomic E-state index is 12.7. The number of hydrogen-bond acceptors (Lipinski definition) is 5. The van der Waals surface area contributed by atoms with Crippen molar-refractivity contribution >= 4 is 46.2 Å². The van der Waals surface area contributed by atoms with E-state index >= 15 is 0 Å². The molecule has 9 heteroatoms. The molecule has 0 fully saturated rings. The van der Waals surface area contributed by atoms with Gasteiger partial charge in [-0.3, -0.25) is 14.5 Å². The number of aryl methyl sites for hydroxylation is 2. The fraction of sp³-hybridized carbons (Fsp3) is 0.182. The van der Waals surface area contributed by atoms with E-state index in [0.717, 1.165) is 22.6 Å². The number of nitrogens with one attached hydrogen (secondary N) is 2. The molecule has 1 amide bonds. The number of benzene rings is 2. The molecular weight excluding hydrogens is 450 g/mol. The van der Waals surface area contributed by atoms with Crippen LogP contribution in [0.3, 0.4) is 0 Å². The molecule has 0 radical (unpaired) electrons. The Morgan fingerprint density at radius 2 is 1.87 bits per heavy atom. The summed E-state index contributed by atoms with van der Waals surface area (Å²) in [6, 6.07) is 15.6. The predicted octanol–water partition coefficient (Wildman–Crippen LogP) is 5.56. The first kappa shape index (κ1) is 21.4. The van der Waals surface area contributed by atoms with Crippen molar-refractivity contribution in [2.24, 2.45) is 0 Å². The summed E-state index contributed by atoms with van der Waals surface area (Å²) in [6.45, 7) is 4.06. The van der Waals surface area contributed by atoms with Crippen molar-refractivity contribution < 1.29 is 4.79 Å². The molecule has 2 heterocycles. The largest absolute Gasteiger partial charge is 0.300 e. The Kier molecular flexibility index (Phi) is 6.31.